The van der Waals surface area contributed by atoms with E-state index >= 15 is 0 Å². The van der Waals surface area contributed by atoms with E-state index in [9.17, 15) is 18.8 Å². The monoisotopic (exact) mass is 302 g/mol. The van der Waals surface area contributed by atoms with E-state index in [2.05, 4.69) is 5.32 Å². The summed E-state index contributed by atoms with van der Waals surface area (Å²) in [6.07, 6.45) is -2.87. The Kier molecular flexibility index (Phi) is 4.60. The van der Waals surface area contributed by atoms with Crippen LogP contribution in [0.15, 0.2) is 11.3 Å². The number of alkyl halides is 1. The summed E-state index contributed by atoms with van der Waals surface area (Å²) in [7, 11) is 0. The summed E-state index contributed by atoms with van der Waals surface area (Å²) in [4.78, 5) is 34.9. The smallest absolute Gasteiger partial charge is 0.408 e. The summed E-state index contributed by atoms with van der Waals surface area (Å²) in [5.41, 5.74) is -0.918. The zero-order valence-electron chi connectivity index (χ0n) is 12.6. The summed E-state index contributed by atoms with van der Waals surface area (Å²) in [5.74, 6) is -2.23. The van der Waals surface area contributed by atoms with Gasteiger partial charge in [-0.3, -0.25) is 9.69 Å². The molecule has 1 saturated heterocycles. The molecule has 0 aromatic rings. The Balaban J connectivity index is 2.78. The molecular formula is C13H19FN2O5. The van der Waals surface area contributed by atoms with E-state index in [4.69, 9.17) is 9.84 Å². The minimum atomic E-state index is -1.94. The highest BCUT2D eigenvalue weighted by Crippen LogP contribution is 2.28. The van der Waals surface area contributed by atoms with E-state index in [0.717, 1.165) is 0 Å². The zero-order valence-corrected chi connectivity index (χ0v) is 12.6. The maximum absolute atomic E-state index is 14.0. The molecule has 1 aliphatic heterocycles. The van der Waals surface area contributed by atoms with Crippen molar-refractivity contribution >= 4 is 18.0 Å². The fourth-order valence-electron chi connectivity index (χ4n) is 1.81. The number of carbonyl (C=O) groups excluding carboxylic acids is 2. The Morgan fingerprint density at radius 2 is 1.86 bits per heavy atom. The number of nitrogens with one attached hydrogen (secondary N) is 1. The number of likely N-dealkylation sites (tertiary alicyclic amines) is 1. The molecule has 1 aliphatic rings. The molecular weight excluding hydrogens is 283 g/mol. The van der Waals surface area contributed by atoms with Gasteiger partial charge in [-0.25, -0.2) is 14.0 Å². The number of hydrogen-bond acceptors (Lipinski definition) is 4. The molecule has 7 nitrogen and oxygen atoms in total. The first-order valence-corrected chi connectivity index (χ1v) is 6.33. The van der Waals surface area contributed by atoms with Gasteiger partial charge in [-0.15, -0.1) is 0 Å². The van der Waals surface area contributed by atoms with Crippen LogP contribution in [-0.4, -0.2) is 45.9 Å². The Labute approximate surface area is 121 Å². The quantitative estimate of drug-likeness (QED) is 0.466. The molecule has 8 heteroatoms. The highest BCUT2D eigenvalue weighted by atomic mass is 19.1. The number of hydrogen-bond donors (Lipinski definition) is 2. The van der Waals surface area contributed by atoms with Gasteiger partial charge in [0, 0.05) is 0 Å². The fraction of sp³-hybridized carbons (Fsp3) is 0.615. The molecule has 118 valence electrons. The van der Waals surface area contributed by atoms with Gasteiger partial charge in [0.15, 0.2) is 6.04 Å². The lowest BCUT2D eigenvalue weighted by atomic mass is 10.0. The van der Waals surface area contributed by atoms with Crippen molar-refractivity contribution in [2.24, 2.45) is 0 Å². The molecule has 21 heavy (non-hydrogen) atoms. The van der Waals surface area contributed by atoms with Crippen LogP contribution in [-0.2, 0) is 14.3 Å². The number of carboxylic acid groups (broad SMARTS) is 1. The Morgan fingerprint density at radius 1 is 1.33 bits per heavy atom. The van der Waals surface area contributed by atoms with Gasteiger partial charge in [0.05, 0.1) is 0 Å². The summed E-state index contributed by atoms with van der Waals surface area (Å²) in [5, 5.41) is 11.1. The molecule has 0 aromatic heterocycles. The second-order valence-electron chi connectivity index (χ2n) is 5.86. The molecule has 1 heterocycles. The zero-order chi connectivity index (χ0) is 16.5. The van der Waals surface area contributed by atoms with Crippen molar-refractivity contribution in [1.82, 2.24) is 10.2 Å². The molecule has 2 N–H and O–H groups in total. The molecule has 0 bridgehead atoms. The average molecular weight is 302 g/mol. The number of rotatable bonds is 3. The van der Waals surface area contributed by atoms with E-state index in [1.807, 2.05) is 0 Å². The van der Waals surface area contributed by atoms with Gasteiger partial charge in [0.25, 0.3) is 5.91 Å². The molecule has 2 amide bonds. The van der Waals surface area contributed by atoms with Crippen molar-refractivity contribution in [3.63, 3.8) is 0 Å². The van der Waals surface area contributed by atoms with E-state index < -0.39 is 41.6 Å². The number of allylic oxidation sites excluding steroid dienone is 1. The van der Waals surface area contributed by atoms with Gasteiger partial charge in [-0.2, -0.15) is 0 Å². The predicted molar refractivity (Wildman–Crippen MR) is 70.9 cm³/mol. The molecule has 2 atom stereocenters. The van der Waals surface area contributed by atoms with Gasteiger partial charge in [-0.1, -0.05) is 0 Å². The van der Waals surface area contributed by atoms with E-state index in [-0.39, 0.29) is 5.57 Å². The van der Waals surface area contributed by atoms with Crippen LogP contribution in [0.3, 0.4) is 0 Å². The van der Waals surface area contributed by atoms with Gasteiger partial charge in [-0.05, 0) is 40.2 Å². The topological polar surface area (TPSA) is 95.9 Å². The number of nitrogens with zero attached hydrogens (tertiary/aromatic N) is 1. The first-order chi connectivity index (χ1) is 9.45. The van der Waals surface area contributed by atoms with E-state index in [0.29, 0.717) is 4.90 Å². The molecule has 1 fully saturated rings. The maximum atomic E-state index is 14.0. The second-order valence-corrected chi connectivity index (χ2v) is 5.86. The summed E-state index contributed by atoms with van der Waals surface area (Å²) in [6, 6.07) is -1.44. The Morgan fingerprint density at radius 3 is 2.19 bits per heavy atom. The Bertz CT molecular complexity index is 505. The number of amides is 2. The first kappa shape index (κ1) is 16.9. The van der Waals surface area contributed by atoms with Crippen LogP contribution in [0.2, 0.25) is 0 Å². The Hall–Kier alpha value is -2.12. The predicted octanol–water partition coefficient (Wildman–Crippen LogP) is 1.40. The summed E-state index contributed by atoms with van der Waals surface area (Å²) >= 11 is 0. The molecule has 2 unspecified atom stereocenters. The minimum absolute atomic E-state index is 0.286. The highest BCUT2D eigenvalue weighted by molar-refractivity contribution is 6.00. The van der Waals surface area contributed by atoms with Crippen LogP contribution in [0, 0.1) is 0 Å². The number of carbonyl (C=O) groups is 3. The molecule has 0 aromatic carbocycles. The van der Waals surface area contributed by atoms with Crippen LogP contribution in [0.25, 0.3) is 0 Å². The van der Waals surface area contributed by atoms with Crippen molar-refractivity contribution in [1.29, 1.82) is 0 Å². The van der Waals surface area contributed by atoms with Crippen LogP contribution in [0.4, 0.5) is 9.18 Å². The minimum Gasteiger partial charge on any atom is -0.477 e. The number of β-lactam (4-membered cyclic amide) rings is 1. The third-order valence-corrected chi connectivity index (χ3v) is 2.61. The van der Waals surface area contributed by atoms with Crippen molar-refractivity contribution in [3.05, 3.63) is 11.3 Å². The van der Waals surface area contributed by atoms with Gasteiger partial charge < -0.3 is 15.2 Å². The van der Waals surface area contributed by atoms with Crippen molar-refractivity contribution < 1.29 is 28.6 Å². The van der Waals surface area contributed by atoms with Crippen molar-refractivity contribution in [2.45, 2.75) is 52.6 Å². The fourth-order valence-corrected chi connectivity index (χ4v) is 1.81. The van der Waals surface area contributed by atoms with Crippen LogP contribution in [0.5, 0.6) is 0 Å². The second kappa shape index (κ2) is 5.71. The van der Waals surface area contributed by atoms with Crippen LogP contribution >= 0.6 is 0 Å². The van der Waals surface area contributed by atoms with Crippen LogP contribution < -0.4 is 5.32 Å². The van der Waals surface area contributed by atoms with Gasteiger partial charge in [0.1, 0.15) is 11.3 Å². The first-order valence-electron chi connectivity index (χ1n) is 6.33. The summed E-state index contributed by atoms with van der Waals surface area (Å²) in [6.45, 7) is 7.79. The van der Waals surface area contributed by atoms with Gasteiger partial charge >= 0.3 is 12.1 Å². The van der Waals surface area contributed by atoms with Crippen molar-refractivity contribution in [3.8, 4) is 0 Å². The molecule has 0 aliphatic carbocycles. The average Bonchev–Trinajstić information content (AvgIpc) is 2.29. The largest absolute Gasteiger partial charge is 0.477 e. The third-order valence-electron chi connectivity index (χ3n) is 2.61. The third kappa shape index (κ3) is 3.71. The number of alkyl carbamates (subject to hydrolysis) is 1. The lowest BCUT2D eigenvalue weighted by molar-refractivity contribution is -0.161. The number of ether oxygens (including phenoxy) is 1. The lowest BCUT2D eigenvalue weighted by Crippen LogP contribution is -2.69. The number of carboxylic acids is 1. The summed E-state index contributed by atoms with van der Waals surface area (Å²) < 4.78 is 18.9. The van der Waals surface area contributed by atoms with Gasteiger partial charge in [0.2, 0.25) is 6.30 Å². The van der Waals surface area contributed by atoms with Crippen molar-refractivity contribution in [2.75, 3.05) is 0 Å². The number of aliphatic carboxylic acids is 1. The normalized spacial score (nSPS) is 21.4. The standard InChI is InChI=1S/C13H19FN2O5/c1-6(2)8(11(18)19)16-9(14)7(10(16)17)15-12(20)21-13(3,4)5/h7,9H,1-5H3,(H,15,20)(H,18,19). The van der Waals surface area contributed by atoms with E-state index in [1.165, 1.54) is 13.8 Å². The molecule has 0 spiro atoms. The van der Waals surface area contributed by atoms with E-state index in [1.54, 1.807) is 20.8 Å². The highest BCUT2D eigenvalue weighted by Gasteiger charge is 2.52. The molecule has 0 radical (unpaired) electrons. The lowest BCUT2D eigenvalue weighted by Gasteiger charge is -2.42. The SMILES string of the molecule is CC(C)=C(C(=O)O)N1C(=O)C(NC(=O)OC(C)(C)C)C1F. The molecule has 0 saturated carbocycles. The number of halogens is 1. The maximum Gasteiger partial charge on any atom is 0.408 e. The van der Waals surface area contributed by atoms with Crippen LogP contribution in [0.1, 0.15) is 34.6 Å². The molecule has 1 rings (SSSR count).